The number of rotatable bonds is 4. The van der Waals surface area contributed by atoms with Crippen molar-refractivity contribution in [1.29, 1.82) is 0 Å². The standard InChI is InChI=1S/C23H25FN4O2/c1-15-6-4-9-20(16(15)2)25-23(29)28-11-10-22-19(13-28)21(26-27(22)3)14-30-18-8-5-7-17(24)12-18/h4-9,12H,10-11,13-14H2,1-3H3,(H,25,29). The van der Waals surface area contributed by atoms with E-state index in [1.54, 1.807) is 17.0 Å². The Morgan fingerprint density at radius 1 is 1.23 bits per heavy atom. The summed E-state index contributed by atoms with van der Waals surface area (Å²) in [5, 5.41) is 7.60. The molecule has 0 aliphatic carbocycles. The number of anilines is 1. The minimum Gasteiger partial charge on any atom is -0.487 e. The largest absolute Gasteiger partial charge is 0.487 e. The number of urea groups is 1. The number of fused-ring (bicyclic) bond motifs is 1. The third-order valence-corrected chi connectivity index (χ3v) is 5.63. The molecule has 0 saturated carbocycles. The number of nitrogens with one attached hydrogen (secondary N) is 1. The summed E-state index contributed by atoms with van der Waals surface area (Å²) in [6.45, 7) is 5.33. The summed E-state index contributed by atoms with van der Waals surface area (Å²) in [7, 11) is 1.90. The summed E-state index contributed by atoms with van der Waals surface area (Å²) in [5.41, 5.74) is 5.89. The van der Waals surface area contributed by atoms with Gasteiger partial charge in [0.1, 0.15) is 23.9 Å². The predicted octanol–water partition coefficient (Wildman–Crippen LogP) is 4.35. The van der Waals surface area contributed by atoms with E-state index in [4.69, 9.17) is 4.74 Å². The Morgan fingerprint density at radius 3 is 2.83 bits per heavy atom. The third kappa shape index (κ3) is 4.01. The first-order chi connectivity index (χ1) is 14.4. The summed E-state index contributed by atoms with van der Waals surface area (Å²) in [6.07, 6.45) is 0.721. The maximum absolute atomic E-state index is 13.4. The number of aromatic nitrogens is 2. The smallest absolute Gasteiger partial charge is 0.322 e. The first-order valence-corrected chi connectivity index (χ1v) is 9.96. The van der Waals surface area contributed by atoms with Crippen molar-refractivity contribution in [3.63, 3.8) is 0 Å². The predicted molar refractivity (Wildman–Crippen MR) is 113 cm³/mol. The number of amides is 2. The summed E-state index contributed by atoms with van der Waals surface area (Å²) < 4.78 is 21.0. The molecule has 0 spiro atoms. The van der Waals surface area contributed by atoms with Crippen LogP contribution in [-0.2, 0) is 26.6 Å². The second kappa shape index (κ2) is 8.18. The molecule has 30 heavy (non-hydrogen) atoms. The highest BCUT2D eigenvalue weighted by atomic mass is 19.1. The molecule has 0 saturated heterocycles. The first kappa shape index (κ1) is 19.9. The van der Waals surface area contributed by atoms with Crippen LogP contribution in [0.25, 0.3) is 0 Å². The highest BCUT2D eigenvalue weighted by molar-refractivity contribution is 5.90. The van der Waals surface area contributed by atoms with Gasteiger partial charge in [-0.25, -0.2) is 9.18 Å². The summed E-state index contributed by atoms with van der Waals surface area (Å²) in [6, 6.07) is 11.8. The van der Waals surface area contributed by atoms with E-state index in [-0.39, 0.29) is 18.5 Å². The SMILES string of the molecule is Cc1cccc(NC(=O)N2CCc3c(c(COc4cccc(F)c4)nn3C)C2)c1C. The topological polar surface area (TPSA) is 59.4 Å². The molecule has 0 radical (unpaired) electrons. The normalized spacial score (nSPS) is 13.1. The monoisotopic (exact) mass is 408 g/mol. The maximum atomic E-state index is 13.4. The van der Waals surface area contributed by atoms with Crippen molar-refractivity contribution in [2.45, 2.75) is 33.4 Å². The van der Waals surface area contributed by atoms with E-state index in [9.17, 15) is 9.18 Å². The Bertz CT molecular complexity index is 1090. The van der Waals surface area contributed by atoms with Crippen molar-refractivity contribution in [2.75, 3.05) is 11.9 Å². The lowest BCUT2D eigenvalue weighted by atomic mass is 10.1. The average molecular weight is 408 g/mol. The highest BCUT2D eigenvalue weighted by Crippen LogP contribution is 2.25. The molecule has 3 aromatic rings. The Hall–Kier alpha value is -3.35. The zero-order valence-electron chi connectivity index (χ0n) is 17.4. The van der Waals surface area contributed by atoms with Crippen molar-refractivity contribution in [3.05, 3.63) is 76.4 Å². The zero-order chi connectivity index (χ0) is 21.3. The lowest BCUT2D eigenvalue weighted by molar-refractivity contribution is 0.205. The molecule has 0 atom stereocenters. The quantitative estimate of drug-likeness (QED) is 0.698. The van der Waals surface area contributed by atoms with Gasteiger partial charge in [0.2, 0.25) is 0 Å². The van der Waals surface area contributed by atoms with E-state index in [0.717, 1.165) is 40.2 Å². The van der Waals surface area contributed by atoms with Gasteiger partial charge in [-0.2, -0.15) is 5.10 Å². The molecule has 1 aromatic heterocycles. The lowest BCUT2D eigenvalue weighted by Gasteiger charge is -2.28. The first-order valence-electron chi connectivity index (χ1n) is 9.96. The minimum atomic E-state index is -0.343. The third-order valence-electron chi connectivity index (χ3n) is 5.63. The molecule has 0 fully saturated rings. The number of hydrogen-bond donors (Lipinski definition) is 1. The van der Waals surface area contributed by atoms with Crippen molar-refractivity contribution < 1.29 is 13.9 Å². The van der Waals surface area contributed by atoms with Gasteiger partial charge in [-0.3, -0.25) is 4.68 Å². The number of hydrogen-bond acceptors (Lipinski definition) is 3. The number of aryl methyl sites for hydroxylation is 2. The van der Waals surface area contributed by atoms with Crippen LogP contribution in [0.15, 0.2) is 42.5 Å². The molecule has 0 bridgehead atoms. The van der Waals surface area contributed by atoms with E-state index >= 15 is 0 Å². The van der Waals surface area contributed by atoms with E-state index in [2.05, 4.69) is 10.4 Å². The number of nitrogens with zero attached hydrogens (tertiary/aromatic N) is 3. The van der Waals surface area contributed by atoms with Gasteiger partial charge in [-0.1, -0.05) is 18.2 Å². The van der Waals surface area contributed by atoms with Crippen LogP contribution in [0.3, 0.4) is 0 Å². The number of ether oxygens (including phenoxy) is 1. The molecule has 1 N–H and O–H groups in total. The van der Waals surface area contributed by atoms with Crippen molar-refractivity contribution in [2.24, 2.45) is 7.05 Å². The Labute approximate surface area is 175 Å². The number of halogens is 1. The fourth-order valence-electron chi connectivity index (χ4n) is 3.75. The van der Waals surface area contributed by atoms with E-state index in [1.807, 2.05) is 43.8 Å². The Morgan fingerprint density at radius 2 is 2.03 bits per heavy atom. The Balaban J connectivity index is 1.48. The van der Waals surface area contributed by atoms with Gasteiger partial charge in [0.25, 0.3) is 0 Å². The van der Waals surface area contributed by atoms with E-state index in [0.29, 0.717) is 18.8 Å². The molecule has 1 aliphatic heterocycles. The van der Waals surface area contributed by atoms with Crippen LogP contribution in [0.5, 0.6) is 5.75 Å². The molecule has 7 heteroatoms. The summed E-state index contributed by atoms with van der Waals surface area (Å²) >= 11 is 0. The molecule has 4 rings (SSSR count). The number of carbonyl (C=O) groups excluding carboxylic acids is 1. The van der Waals surface area contributed by atoms with Gasteiger partial charge in [0, 0.05) is 43.0 Å². The van der Waals surface area contributed by atoms with Gasteiger partial charge in [0.15, 0.2) is 0 Å². The van der Waals surface area contributed by atoms with Crippen LogP contribution < -0.4 is 10.1 Å². The van der Waals surface area contributed by atoms with Crippen LogP contribution >= 0.6 is 0 Å². The van der Waals surface area contributed by atoms with Crippen molar-refractivity contribution in [1.82, 2.24) is 14.7 Å². The van der Waals surface area contributed by atoms with Crippen LogP contribution in [0.2, 0.25) is 0 Å². The fraction of sp³-hybridized carbons (Fsp3) is 0.304. The summed E-state index contributed by atoms with van der Waals surface area (Å²) in [4.78, 5) is 14.7. The molecule has 2 heterocycles. The molecule has 2 amide bonds. The fourth-order valence-corrected chi connectivity index (χ4v) is 3.75. The van der Waals surface area contributed by atoms with Crippen LogP contribution in [0, 0.1) is 19.7 Å². The van der Waals surface area contributed by atoms with Crippen LogP contribution in [0.1, 0.15) is 28.1 Å². The van der Waals surface area contributed by atoms with Gasteiger partial charge in [-0.15, -0.1) is 0 Å². The molecular weight excluding hydrogens is 383 g/mol. The van der Waals surface area contributed by atoms with Gasteiger partial charge >= 0.3 is 6.03 Å². The second-order valence-electron chi connectivity index (χ2n) is 7.59. The number of carbonyl (C=O) groups is 1. The number of benzene rings is 2. The lowest BCUT2D eigenvalue weighted by Crippen LogP contribution is -2.39. The van der Waals surface area contributed by atoms with Gasteiger partial charge in [-0.05, 0) is 43.2 Å². The van der Waals surface area contributed by atoms with E-state index < -0.39 is 0 Å². The van der Waals surface area contributed by atoms with Crippen LogP contribution in [-0.4, -0.2) is 27.3 Å². The summed E-state index contributed by atoms with van der Waals surface area (Å²) in [5.74, 6) is 0.111. The molecule has 1 aliphatic rings. The zero-order valence-corrected chi connectivity index (χ0v) is 17.4. The van der Waals surface area contributed by atoms with Crippen molar-refractivity contribution in [3.8, 4) is 5.75 Å². The highest BCUT2D eigenvalue weighted by Gasteiger charge is 2.27. The van der Waals surface area contributed by atoms with E-state index in [1.165, 1.54) is 12.1 Å². The molecule has 2 aromatic carbocycles. The molecule has 0 unspecified atom stereocenters. The van der Waals surface area contributed by atoms with Crippen LogP contribution in [0.4, 0.5) is 14.9 Å². The minimum absolute atomic E-state index is 0.129. The second-order valence-corrected chi connectivity index (χ2v) is 7.59. The van der Waals surface area contributed by atoms with Gasteiger partial charge < -0.3 is 15.0 Å². The maximum Gasteiger partial charge on any atom is 0.322 e. The Kier molecular flexibility index (Phi) is 5.44. The van der Waals surface area contributed by atoms with Crippen molar-refractivity contribution >= 4 is 11.7 Å². The van der Waals surface area contributed by atoms with Gasteiger partial charge in [0.05, 0.1) is 6.54 Å². The molecule has 156 valence electrons. The average Bonchev–Trinajstić information content (AvgIpc) is 3.05. The molecular formula is C23H25FN4O2. The molecule has 6 nitrogen and oxygen atoms in total.